The minimum atomic E-state index is -0.123. The molecule has 3 rings (SSSR count). The Morgan fingerprint density at radius 2 is 2.10 bits per heavy atom. The van der Waals surface area contributed by atoms with E-state index in [1.54, 1.807) is 0 Å². The molecule has 0 spiro atoms. The van der Waals surface area contributed by atoms with Crippen molar-refractivity contribution in [2.75, 3.05) is 6.54 Å². The molecule has 2 aromatic rings. The molecule has 0 radical (unpaired) electrons. The summed E-state index contributed by atoms with van der Waals surface area (Å²) in [7, 11) is 0. The molecule has 0 fully saturated rings. The molecule has 0 saturated carbocycles. The van der Waals surface area contributed by atoms with Gasteiger partial charge in [-0.25, -0.2) is 0 Å². The number of rotatable bonds is 3. The molecule has 0 aliphatic carbocycles. The zero-order valence-electron chi connectivity index (χ0n) is 11.8. The van der Waals surface area contributed by atoms with Crippen molar-refractivity contribution >= 4 is 18.3 Å². The van der Waals surface area contributed by atoms with E-state index >= 15 is 0 Å². The van der Waals surface area contributed by atoms with Crippen molar-refractivity contribution in [3.63, 3.8) is 0 Å². The second-order valence-corrected chi connectivity index (χ2v) is 5.06. The van der Waals surface area contributed by atoms with Gasteiger partial charge in [0.25, 0.3) is 5.91 Å². The molecule has 1 unspecified atom stereocenters. The smallest absolute Gasteiger partial charge is 0.272 e. The third-order valence-electron chi connectivity index (χ3n) is 3.67. The molecule has 1 amide bonds. The van der Waals surface area contributed by atoms with Gasteiger partial charge in [0.1, 0.15) is 0 Å². The van der Waals surface area contributed by atoms with E-state index in [9.17, 15) is 4.79 Å². The van der Waals surface area contributed by atoms with Gasteiger partial charge in [-0.1, -0.05) is 30.3 Å². The Bertz CT molecular complexity index is 611. The minimum absolute atomic E-state index is 0. The Kier molecular flexibility index (Phi) is 4.98. The summed E-state index contributed by atoms with van der Waals surface area (Å²) in [5, 5.41) is 13.4. The summed E-state index contributed by atoms with van der Waals surface area (Å²) in [5.41, 5.74) is 3.66. The van der Waals surface area contributed by atoms with Crippen molar-refractivity contribution in [2.45, 2.75) is 25.9 Å². The molecule has 0 bridgehead atoms. The third-order valence-corrected chi connectivity index (χ3v) is 3.67. The number of nitrogens with one attached hydrogen (secondary N) is 3. The number of aromatic amines is 1. The molecule has 1 aliphatic rings. The summed E-state index contributed by atoms with van der Waals surface area (Å²) >= 11 is 0. The molecule has 6 heteroatoms. The lowest BCUT2D eigenvalue weighted by Crippen LogP contribution is -2.30. The summed E-state index contributed by atoms with van der Waals surface area (Å²) < 4.78 is 0. The summed E-state index contributed by atoms with van der Waals surface area (Å²) in [6.45, 7) is 3.61. The highest BCUT2D eigenvalue weighted by Crippen LogP contribution is 2.17. The van der Waals surface area contributed by atoms with Gasteiger partial charge in [-0.2, -0.15) is 5.10 Å². The molecule has 1 aromatic carbocycles. The van der Waals surface area contributed by atoms with Crippen LogP contribution in [-0.2, 0) is 13.0 Å². The average Bonchev–Trinajstić information content (AvgIpc) is 2.92. The second-order valence-electron chi connectivity index (χ2n) is 5.06. The molecule has 1 aliphatic heterocycles. The quantitative estimate of drug-likeness (QED) is 0.812. The van der Waals surface area contributed by atoms with Gasteiger partial charge in [0.05, 0.1) is 6.04 Å². The predicted molar refractivity (Wildman–Crippen MR) is 83.6 cm³/mol. The van der Waals surface area contributed by atoms with Crippen molar-refractivity contribution in [3.8, 4) is 0 Å². The third kappa shape index (κ3) is 3.25. The number of hydrogen-bond acceptors (Lipinski definition) is 3. The lowest BCUT2D eigenvalue weighted by atomic mass is 10.1. The lowest BCUT2D eigenvalue weighted by Gasteiger charge is -2.15. The summed E-state index contributed by atoms with van der Waals surface area (Å²) in [6.07, 6.45) is 0.893. The number of amides is 1. The number of benzene rings is 1. The van der Waals surface area contributed by atoms with Crippen LogP contribution in [0.1, 0.15) is 40.3 Å². The van der Waals surface area contributed by atoms with Crippen LogP contribution in [0.3, 0.4) is 0 Å². The Hall–Kier alpha value is -1.85. The SMILES string of the molecule is CC(NC(=O)c1n[nH]c2c1CNCC2)c1ccccc1.Cl. The number of H-pyrrole nitrogens is 1. The average molecular weight is 307 g/mol. The maximum Gasteiger partial charge on any atom is 0.272 e. The van der Waals surface area contributed by atoms with Gasteiger partial charge < -0.3 is 10.6 Å². The van der Waals surface area contributed by atoms with E-state index in [2.05, 4.69) is 20.8 Å². The number of halogens is 1. The van der Waals surface area contributed by atoms with Crippen LogP contribution in [0.5, 0.6) is 0 Å². The van der Waals surface area contributed by atoms with Crippen LogP contribution in [0.25, 0.3) is 0 Å². The molecule has 1 atom stereocenters. The van der Waals surface area contributed by atoms with Crippen LogP contribution in [0, 0.1) is 0 Å². The predicted octanol–water partition coefficient (Wildman–Crippen LogP) is 1.97. The van der Waals surface area contributed by atoms with Crippen LogP contribution in [0.2, 0.25) is 0 Å². The Labute approximate surface area is 129 Å². The van der Waals surface area contributed by atoms with Gasteiger partial charge in [-0.15, -0.1) is 12.4 Å². The van der Waals surface area contributed by atoms with E-state index in [0.717, 1.165) is 29.8 Å². The fourth-order valence-corrected chi connectivity index (χ4v) is 2.50. The Balaban J connectivity index is 0.00000161. The van der Waals surface area contributed by atoms with E-state index in [0.29, 0.717) is 12.2 Å². The van der Waals surface area contributed by atoms with Gasteiger partial charge >= 0.3 is 0 Å². The van der Waals surface area contributed by atoms with Gasteiger partial charge in [0.15, 0.2) is 5.69 Å². The normalized spacial score (nSPS) is 14.7. The van der Waals surface area contributed by atoms with Crippen LogP contribution in [-0.4, -0.2) is 22.6 Å². The van der Waals surface area contributed by atoms with Crippen LogP contribution in [0.4, 0.5) is 0 Å². The van der Waals surface area contributed by atoms with Crippen molar-refractivity contribution in [2.24, 2.45) is 0 Å². The van der Waals surface area contributed by atoms with E-state index in [-0.39, 0.29) is 24.4 Å². The van der Waals surface area contributed by atoms with Crippen LogP contribution in [0.15, 0.2) is 30.3 Å². The van der Waals surface area contributed by atoms with Crippen molar-refractivity contribution in [3.05, 3.63) is 52.8 Å². The zero-order valence-corrected chi connectivity index (χ0v) is 12.7. The van der Waals surface area contributed by atoms with E-state index in [1.165, 1.54) is 0 Å². The van der Waals surface area contributed by atoms with E-state index in [1.807, 2.05) is 37.3 Å². The number of carbonyl (C=O) groups excluding carboxylic acids is 1. The first-order valence-electron chi connectivity index (χ1n) is 6.88. The number of fused-ring (bicyclic) bond motifs is 1. The van der Waals surface area contributed by atoms with Gasteiger partial charge in [0.2, 0.25) is 0 Å². The number of carbonyl (C=O) groups is 1. The molecule has 5 nitrogen and oxygen atoms in total. The maximum absolute atomic E-state index is 12.3. The molecule has 112 valence electrons. The molecule has 3 N–H and O–H groups in total. The van der Waals surface area contributed by atoms with E-state index in [4.69, 9.17) is 0 Å². The standard InChI is InChI=1S/C15H18N4O.ClH/c1-10(11-5-3-2-4-6-11)17-15(20)14-12-9-16-8-7-13(12)18-19-14;/h2-6,10,16H,7-9H2,1H3,(H,17,20)(H,18,19);1H. The van der Waals surface area contributed by atoms with Gasteiger partial charge in [-0.05, 0) is 12.5 Å². The zero-order chi connectivity index (χ0) is 13.9. The highest BCUT2D eigenvalue weighted by atomic mass is 35.5. The Morgan fingerprint density at radius 1 is 1.33 bits per heavy atom. The molecular weight excluding hydrogens is 288 g/mol. The van der Waals surface area contributed by atoms with Gasteiger partial charge in [-0.3, -0.25) is 9.89 Å². The Morgan fingerprint density at radius 3 is 2.86 bits per heavy atom. The molecule has 2 heterocycles. The number of aromatic nitrogens is 2. The fraction of sp³-hybridized carbons (Fsp3) is 0.333. The van der Waals surface area contributed by atoms with Crippen molar-refractivity contribution in [1.29, 1.82) is 0 Å². The van der Waals surface area contributed by atoms with Crippen LogP contribution < -0.4 is 10.6 Å². The minimum Gasteiger partial charge on any atom is -0.344 e. The topological polar surface area (TPSA) is 69.8 Å². The highest BCUT2D eigenvalue weighted by Gasteiger charge is 2.22. The van der Waals surface area contributed by atoms with Gasteiger partial charge in [0, 0.05) is 30.8 Å². The highest BCUT2D eigenvalue weighted by molar-refractivity contribution is 5.94. The van der Waals surface area contributed by atoms with Crippen LogP contribution >= 0.6 is 12.4 Å². The maximum atomic E-state index is 12.3. The first-order valence-corrected chi connectivity index (χ1v) is 6.88. The molecular formula is C15H19ClN4O. The molecule has 0 saturated heterocycles. The van der Waals surface area contributed by atoms with Crippen molar-refractivity contribution < 1.29 is 4.79 Å². The second kappa shape index (κ2) is 6.74. The van der Waals surface area contributed by atoms with Crippen molar-refractivity contribution in [1.82, 2.24) is 20.8 Å². The summed E-state index contributed by atoms with van der Waals surface area (Å²) in [6, 6.07) is 9.89. The molecule has 1 aromatic heterocycles. The lowest BCUT2D eigenvalue weighted by molar-refractivity contribution is 0.0933. The first-order chi connectivity index (χ1) is 9.75. The summed E-state index contributed by atoms with van der Waals surface area (Å²) in [5.74, 6) is -0.123. The largest absolute Gasteiger partial charge is 0.344 e. The van der Waals surface area contributed by atoms with E-state index < -0.39 is 0 Å². The summed E-state index contributed by atoms with van der Waals surface area (Å²) in [4.78, 5) is 12.3. The number of hydrogen-bond donors (Lipinski definition) is 3. The first kappa shape index (κ1) is 15.5. The molecule has 21 heavy (non-hydrogen) atoms. The fourth-order valence-electron chi connectivity index (χ4n) is 2.50. The number of nitrogens with zero attached hydrogens (tertiary/aromatic N) is 1. The monoisotopic (exact) mass is 306 g/mol.